The van der Waals surface area contributed by atoms with Crippen molar-refractivity contribution < 1.29 is 9.50 Å². The SMILES string of the molecule is Cc1cc(F)ccc1C(O)c1cc(Br)sc1Br. The lowest BCUT2D eigenvalue weighted by Crippen LogP contribution is -2.01. The van der Waals surface area contributed by atoms with Crippen LogP contribution in [-0.2, 0) is 0 Å². The molecule has 0 aliphatic carbocycles. The van der Waals surface area contributed by atoms with Crippen LogP contribution in [0.3, 0.4) is 0 Å². The first-order chi connectivity index (χ1) is 7.99. The Kier molecular flexibility index (Phi) is 4.02. The Morgan fingerprint density at radius 1 is 1.24 bits per heavy atom. The molecule has 1 N–H and O–H groups in total. The van der Waals surface area contributed by atoms with Crippen LogP contribution < -0.4 is 0 Å². The van der Waals surface area contributed by atoms with Gasteiger partial charge in [0.1, 0.15) is 11.9 Å². The second-order valence-electron chi connectivity index (χ2n) is 3.68. The van der Waals surface area contributed by atoms with E-state index < -0.39 is 6.10 Å². The van der Waals surface area contributed by atoms with E-state index in [9.17, 15) is 9.50 Å². The maximum atomic E-state index is 13.0. The molecule has 2 rings (SSSR count). The molecule has 1 aromatic carbocycles. The highest BCUT2D eigenvalue weighted by molar-refractivity contribution is 9.12. The van der Waals surface area contributed by atoms with Crippen LogP contribution in [0.4, 0.5) is 4.39 Å². The molecule has 0 aliphatic heterocycles. The summed E-state index contributed by atoms with van der Waals surface area (Å²) in [6, 6.07) is 6.27. The summed E-state index contributed by atoms with van der Waals surface area (Å²) in [6.07, 6.45) is -0.743. The fourth-order valence-electron chi connectivity index (χ4n) is 1.65. The summed E-state index contributed by atoms with van der Waals surface area (Å²) in [7, 11) is 0. The van der Waals surface area contributed by atoms with Gasteiger partial charge in [0.2, 0.25) is 0 Å². The van der Waals surface area contributed by atoms with Crippen molar-refractivity contribution in [3.8, 4) is 0 Å². The number of aliphatic hydroxyl groups is 1. The van der Waals surface area contributed by atoms with Gasteiger partial charge < -0.3 is 5.11 Å². The lowest BCUT2D eigenvalue weighted by atomic mass is 9.99. The van der Waals surface area contributed by atoms with Gasteiger partial charge in [-0.25, -0.2) is 4.39 Å². The third-order valence-electron chi connectivity index (χ3n) is 2.50. The zero-order chi connectivity index (χ0) is 12.6. The zero-order valence-electron chi connectivity index (χ0n) is 8.88. The average Bonchev–Trinajstić information content (AvgIpc) is 2.57. The van der Waals surface area contributed by atoms with Crippen molar-refractivity contribution in [2.24, 2.45) is 0 Å². The minimum absolute atomic E-state index is 0.288. The molecule has 0 spiro atoms. The molecular formula is C12H9Br2FOS. The van der Waals surface area contributed by atoms with Crippen molar-refractivity contribution in [3.63, 3.8) is 0 Å². The predicted octanol–water partition coefficient (Wildman–Crippen LogP) is 4.80. The van der Waals surface area contributed by atoms with Gasteiger partial charge in [-0.2, -0.15) is 0 Å². The van der Waals surface area contributed by atoms with E-state index in [1.165, 1.54) is 23.5 Å². The molecule has 2 aromatic rings. The van der Waals surface area contributed by atoms with Crippen molar-refractivity contribution in [2.45, 2.75) is 13.0 Å². The fraction of sp³-hybridized carbons (Fsp3) is 0.167. The van der Waals surface area contributed by atoms with E-state index in [2.05, 4.69) is 31.9 Å². The second kappa shape index (κ2) is 5.18. The van der Waals surface area contributed by atoms with Gasteiger partial charge in [0.25, 0.3) is 0 Å². The van der Waals surface area contributed by atoms with E-state index >= 15 is 0 Å². The van der Waals surface area contributed by atoms with E-state index in [0.717, 1.165) is 24.3 Å². The average molecular weight is 380 g/mol. The monoisotopic (exact) mass is 378 g/mol. The van der Waals surface area contributed by atoms with E-state index in [1.807, 2.05) is 6.07 Å². The van der Waals surface area contributed by atoms with Crippen LogP contribution in [0.2, 0.25) is 0 Å². The standard InChI is InChI=1S/C12H9Br2FOS/c1-6-4-7(15)2-3-8(6)11(16)9-5-10(13)17-12(9)14/h2-5,11,16H,1H3. The van der Waals surface area contributed by atoms with Crippen LogP contribution in [0.1, 0.15) is 22.8 Å². The first-order valence-corrected chi connectivity index (χ1v) is 7.28. The van der Waals surface area contributed by atoms with Gasteiger partial charge in [-0.3, -0.25) is 0 Å². The molecule has 1 nitrogen and oxygen atoms in total. The van der Waals surface area contributed by atoms with Crippen molar-refractivity contribution in [2.75, 3.05) is 0 Å². The van der Waals surface area contributed by atoms with Gasteiger partial charge >= 0.3 is 0 Å². The normalized spacial score (nSPS) is 12.8. The minimum Gasteiger partial charge on any atom is -0.384 e. The fourth-order valence-corrected chi connectivity index (χ4v) is 4.54. The number of rotatable bonds is 2. The van der Waals surface area contributed by atoms with E-state index in [0.29, 0.717) is 0 Å². The summed E-state index contributed by atoms with van der Waals surface area (Å²) in [4.78, 5) is 0. The van der Waals surface area contributed by atoms with Gasteiger partial charge in [-0.15, -0.1) is 11.3 Å². The molecule has 0 aliphatic rings. The molecule has 0 saturated heterocycles. The predicted molar refractivity (Wildman–Crippen MR) is 74.9 cm³/mol. The molecule has 1 unspecified atom stereocenters. The molecule has 0 amide bonds. The number of aryl methyl sites for hydroxylation is 1. The summed E-state index contributed by atoms with van der Waals surface area (Å²) in [5, 5.41) is 10.3. The number of aliphatic hydroxyl groups excluding tert-OH is 1. The van der Waals surface area contributed by atoms with Crippen LogP contribution in [0, 0.1) is 12.7 Å². The van der Waals surface area contributed by atoms with Crippen LogP contribution >= 0.6 is 43.2 Å². The Morgan fingerprint density at radius 3 is 2.47 bits per heavy atom. The maximum absolute atomic E-state index is 13.0. The summed E-state index contributed by atoms with van der Waals surface area (Å²) < 4.78 is 14.8. The highest BCUT2D eigenvalue weighted by Crippen LogP contribution is 2.38. The number of halogens is 3. The van der Waals surface area contributed by atoms with Crippen molar-refractivity contribution in [3.05, 3.63) is 54.3 Å². The smallest absolute Gasteiger partial charge is 0.123 e. The number of thiophene rings is 1. The molecule has 0 saturated carbocycles. The Morgan fingerprint density at radius 2 is 1.94 bits per heavy atom. The molecule has 1 atom stereocenters. The molecular weight excluding hydrogens is 371 g/mol. The lowest BCUT2D eigenvalue weighted by molar-refractivity contribution is 0.219. The molecule has 0 radical (unpaired) electrons. The number of hydrogen-bond acceptors (Lipinski definition) is 2. The largest absolute Gasteiger partial charge is 0.384 e. The van der Waals surface area contributed by atoms with Gasteiger partial charge in [-0.1, -0.05) is 6.07 Å². The quantitative estimate of drug-likeness (QED) is 0.794. The Balaban J connectivity index is 2.43. The number of benzene rings is 1. The Bertz CT molecular complexity index is 553. The van der Waals surface area contributed by atoms with E-state index in [1.54, 1.807) is 13.0 Å². The van der Waals surface area contributed by atoms with Crippen LogP contribution in [0.5, 0.6) is 0 Å². The Hall–Kier alpha value is -0.230. The summed E-state index contributed by atoms with van der Waals surface area (Å²) in [5.74, 6) is -0.288. The minimum atomic E-state index is -0.743. The highest BCUT2D eigenvalue weighted by Gasteiger charge is 2.18. The lowest BCUT2D eigenvalue weighted by Gasteiger charge is -2.13. The van der Waals surface area contributed by atoms with E-state index in [4.69, 9.17) is 0 Å². The third-order valence-corrected chi connectivity index (χ3v) is 4.89. The summed E-state index contributed by atoms with van der Waals surface area (Å²) in [5.41, 5.74) is 2.25. The molecule has 17 heavy (non-hydrogen) atoms. The van der Waals surface area contributed by atoms with E-state index in [-0.39, 0.29) is 5.82 Å². The summed E-state index contributed by atoms with van der Waals surface area (Å²) in [6.45, 7) is 1.79. The topological polar surface area (TPSA) is 20.2 Å². The van der Waals surface area contributed by atoms with Crippen molar-refractivity contribution in [1.29, 1.82) is 0 Å². The van der Waals surface area contributed by atoms with Crippen LogP contribution in [0.25, 0.3) is 0 Å². The molecule has 1 heterocycles. The highest BCUT2D eigenvalue weighted by atomic mass is 79.9. The van der Waals surface area contributed by atoms with Gasteiger partial charge in [0.15, 0.2) is 0 Å². The first kappa shape index (κ1) is 13.2. The molecule has 0 bridgehead atoms. The van der Waals surface area contributed by atoms with Crippen molar-refractivity contribution >= 4 is 43.2 Å². The Labute approximate surface area is 120 Å². The summed E-state index contributed by atoms with van der Waals surface area (Å²) >= 11 is 8.28. The molecule has 0 fully saturated rings. The molecule has 5 heteroatoms. The first-order valence-electron chi connectivity index (χ1n) is 4.88. The van der Waals surface area contributed by atoms with Gasteiger partial charge in [0.05, 0.1) is 7.57 Å². The second-order valence-corrected chi connectivity index (χ2v) is 7.43. The number of hydrogen-bond donors (Lipinski definition) is 1. The third kappa shape index (κ3) is 2.78. The van der Waals surface area contributed by atoms with Crippen LogP contribution in [-0.4, -0.2) is 5.11 Å². The van der Waals surface area contributed by atoms with Crippen molar-refractivity contribution in [1.82, 2.24) is 0 Å². The zero-order valence-corrected chi connectivity index (χ0v) is 12.9. The molecule has 90 valence electrons. The van der Waals surface area contributed by atoms with Gasteiger partial charge in [-0.05, 0) is 68.1 Å². The maximum Gasteiger partial charge on any atom is 0.123 e. The van der Waals surface area contributed by atoms with Gasteiger partial charge in [0, 0.05) is 5.56 Å². The molecule has 1 aromatic heterocycles. The van der Waals surface area contributed by atoms with Crippen LogP contribution in [0.15, 0.2) is 31.8 Å².